The first-order valence-electron chi connectivity index (χ1n) is 4.94. The maximum Gasteiger partial charge on any atom is 0.471 e. The van der Waals surface area contributed by atoms with E-state index in [1.54, 1.807) is 0 Å². The summed E-state index contributed by atoms with van der Waals surface area (Å²) in [5.41, 5.74) is 5.62. The number of nitrogens with two attached hydrogens (primary N) is 1. The number of amides is 2. The van der Waals surface area contributed by atoms with E-state index in [1.165, 1.54) is 24.3 Å². The van der Waals surface area contributed by atoms with Crippen molar-refractivity contribution in [2.24, 2.45) is 5.73 Å². The number of aromatic nitrogens is 2. The maximum atomic E-state index is 12.3. The van der Waals surface area contributed by atoms with Crippen LogP contribution in [0.3, 0.4) is 0 Å². The van der Waals surface area contributed by atoms with E-state index >= 15 is 0 Å². The van der Waals surface area contributed by atoms with Crippen molar-refractivity contribution in [3.05, 3.63) is 30.2 Å². The Hall–Kier alpha value is -2.58. The number of hydrogen-bond donors (Lipinski definition) is 2. The molecule has 2 amide bonds. The number of halogens is 3. The molecule has 0 saturated carbocycles. The summed E-state index contributed by atoms with van der Waals surface area (Å²) in [5.74, 6) is -1.61. The van der Waals surface area contributed by atoms with Crippen molar-refractivity contribution in [1.82, 2.24) is 10.1 Å². The van der Waals surface area contributed by atoms with E-state index in [4.69, 9.17) is 5.73 Å². The lowest BCUT2D eigenvalue weighted by molar-refractivity contribution is -0.159. The summed E-state index contributed by atoms with van der Waals surface area (Å²) in [4.78, 5) is 13.8. The van der Waals surface area contributed by atoms with E-state index in [1.807, 2.05) is 0 Å². The van der Waals surface area contributed by atoms with Crippen molar-refractivity contribution < 1.29 is 22.5 Å². The number of rotatable bonds is 2. The zero-order chi connectivity index (χ0) is 14.0. The van der Waals surface area contributed by atoms with Gasteiger partial charge in [-0.25, -0.2) is 4.79 Å². The second kappa shape index (κ2) is 4.59. The molecule has 1 heterocycles. The second-order valence-electron chi connectivity index (χ2n) is 3.49. The Balaban J connectivity index is 2.23. The Kier molecular flexibility index (Phi) is 3.11. The van der Waals surface area contributed by atoms with Gasteiger partial charge in [0.1, 0.15) is 0 Å². The molecule has 0 radical (unpaired) electrons. The smallest absolute Gasteiger partial charge is 0.351 e. The standard InChI is InChI=1S/C10H7F3N4O2/c11-10(12,13)8-16-7(17-19-8)5-1-3-6(4-2-5)15-9(14)18/h1-4H,(H3,14,15,18). The van der Waals surface area contributed by atoms with Gasteiger partial charge in [-0.05, 0) is 24.3 Å². The van der Waals surface area contributed by atoms with Crippen molar-refractivity contribution in [2.75, 3.05) is 5.32 Å². The van der Waals surface area contributed by atoms with Crippen LogP contribution in [-0.2, 0) is 6.18 Å². The number of hydrogen-bond acceptors (Lipinski definition) is 4. The van der Waals surface area contributed by atoms with E-state index in [0.29, 0.717) is 11.3 Å². The molecule has 0 bridgehead atoms. The predicted octanol–water partition coefficient (Wildman–Crippen LogP) is 2.25. The molecule has 0 atom stereocenters. The van der Waals surface area contributed by atoms with E-state index in [-0.39, 0.29) is 5.82 Å². The van der Waals surface area contributed by atoms with Crippen molar-refractivity contribution >= 4 is 11.7 Å². The Morgan fingerprint density at radius 3 is 2.37 bits per heavy atom. The summed E-state index contributed by atoms with van der Waals surface area (Å²) < 4.78 is 40.9. The third-order valence-electron chi connectivity index (χ3n) is 2.08. The van der Waals surface area contributed by atoms with Crippen LogP contribution in [0.25, 0.3) is 11.4 Å². The van der Waals surface area contributed by atoms with Gasteiger partial charge in [0.05, 0.1) is 0 Å². The van der Waals surface area contributed by atoms with Crippen LogP contribution in [0.15, 0.2) is 28.8 Å². The fourth-order valence-corrected chi connectivity index (χ4v) is 1.30. The molecule has 2 aromatic rings. The van der Waals surface area contributed by atoms with Gasteiger partial charge in [-0.2, -0.15) is 18.2 Å². The number of urea groups is 1. The fourth-order valence-electron chi connectivity index (χ4n) is 1.30. The third kappa shape index (κ3) is 3.00. The quantitative estimate of drug-likeness (QED) is 0.876. The summed E-state index contributed by atoms with van der Waals surface area (Å²) in [6.07, 6.45) is -4.68. The molecule has 6 nitrogen and oxygen atoms in total. The maximum absolute atomic E-state index is 12.3. The van der Waals surface area contributed by atoms with E-state index < -0.39 is 18.1 Å². The Bertz CT molecular complexity index is 592. The highest BCUT2D eigenvalue weighted by molar-refractivity contribution is 5.88. The molecule has 0 aliphatic rings. The molecule has 9 heteroatoms. The topological polar surface area (TPSA) is 94.0 Å². The predicted molar refractivity (Wildman–Crippen MR) is 57.9 cm³/mol. The molecule has 0 spiro atoms. The second-order valence-corrected chi connectivity index (χ2v) is 3.49. The molecule has 0 aliphatic heterocycles. The summed E-state index contributed by atoms with van der Waals surface area (Å²) in [7, 11) is 0. The van der Waals surface area contributed by atoms with Crippen LogP contribution in [-0.4, -0.2) is 16.2 Å². The SMILES string of the molecule is NC(=O)Nc1ccc(-c2noc(C(F)(F)F)n2)cc1. The molecule has 100 valence electrons. The molecular weight excluding hydrogens is 265 g/mol. The summed E-state index contributed by atoms with van der Waals surface area (Å²) in [5, 5.41) is 5.53. The lowest BCUT2D eigenvalue weighted by atomic mass is 10.2. The zero-order valence-corrected chi connectivity index (χ0v) is 9.23. The molecular formula is C10H7F3N4O2. The molecule has 0 fully saturated rings. The molecule has 1 aromatic heterocycles. The van der Waals surface area contributed by atoms with Gasteiger partial charge in [0, 0.05) is 11.3 Å². The lowest BCUT2D eigenvalue weighted by Crippen LogP contribution is -2.19. The van der Waals surface area contributed by atoms with Crippen molar-refractivity contribution in [3.8, 4) is 11.4 Å². The first kappa shape index (κ1) is 12.9. The number of benzene rings is 1. The molecule has 0 unspecified atom stereocenters. The van der Waals surface area contributed by atoms with Crippen LogP contribution >= 0.6 is 0 Å². The van der Waals surface area contributed by atoms with Crippen molar-refractivity contribution in [3.63, 3.8) is 0 Å². The van der Waals surface area contributed by atoms with E-state index in [2.05, 4.69) is 20.0 Å². The molecule has 19 heavy (non-hydrogen) atoms. The molecule has 3 N–H and O–H groups in total. The van der Waals surface area contributed by atoms with E-state index in [9.17, 15) is 18.0 Å². The van der Waals surface area contributed by atoms with Crippen LogP contribution in [0.1, 0.15) is 5.89 Å². The van der Waals surface area contributed by atoms with Gasteiger partial charge in [-0.15, -0.1) is 0 Å². The molecule has 0 saturated heterocycles. The van der Waals surface area contributed by atoms with Crippen LogP contribution in [0.5, 0.6) is 0 Å². The average Bonchev–Trinajstić information content (AvgIpc) is 2.78. The van der Waals surface area contributed by atoms with Gasteiger partial charge in [-0.1, -0.05) is 5.16 Å². The Labute approximate surface area is 104 Å². The zero-order valence-electron chi connectivity index (χ0n) is 9.23. The number of alkyl halides is 3. The lowest BCUT2D eigenvalue weighted by Gasteiger charge is -2.01. The highest BCUT2D eigenvalue weighted by Gasteiger charge is 2.38. The van der Waals surface area contributed by atoms with Crippen LogP contribution in [0.4, 0.5) is 23.7 Å². The molecule has 0 aliphatic carbocycles. The molecule has 2 rings (SSSR count). The van der Waals surface area contributed by atoms with Gasteiger partial charge in [-0.3, -0.25) is 0 Å². The number of carbonyl (C=O) groups is 1. The Morgan fingerprint density at radius 1 is 1.26 bits per heavy atom. The number of nitrogens with zero attached hydrogens (tertiary/aromatic N) is 2. The van der Waals surface area contributed by atoms with Gasteiger partial charge in [0.2, 0.25) is 5.82 Å². The minimum Gasteiger partial charge on any atom is -0.351 e. The first-order chi connectivity index (χ1) is 8.86. The van der Waals surface area contributed by atoms with Crippen molar-refractivity contribution in [1.29, 1.82) is 0 Å². The highest BCUT2D eigenvalue weighted by atomic mass is 19.4. The minimum absolute atomic E-state index is 0.196. The van der Waals surface area contributed by atoms with Crippen molar-refractivity contribution in [2.45, 2.75) is 6.18 Å². The monoisotopic (exact) mass is 272 g/mol. The summed E-state index contributed by atoms with van der Waals surface area (Å²) in [6, 6.07) is 5.01. The van der Waals surface area contributed by atoms with E-state index in [0.717, 1.165) is 0 Å². The van der Waals surface area contributed by atoms with Crippen LogP contribution in [0.2, 0.25) is 0 Å². The normalized spacial score (nSPS) is 11.3. The highest BCUT2D eigenvalue weighted by Crippen LogP contribution is 2.29. The summed E-state index contributed by atoms with van der Waals surface area (Å²) >= 11 is 0. The summed E-state index contributed by atoms with van der Waals surface area (Å²) in [6.45, 7) is 0. The number of anilines is 1. The first-order valence-corrected chi connectivity index (χ1v) is 4.94. The number of carbonyl (C=O) groups excluding carboxylic acids is 1. The minimum atomic E-state index is -4.68. The molecule has 1 aromatic carbocycles. The number of nitrogens with one attached hydrogen (secondary N) is 1. The number of primary amides is 1. The Morgan fingerprint density at radius 2 is 1.89 bits per heavy atom. The fraction of sp³-hybridized carbons (Fsp3) is 0.100. The van der Waals surface area contributed by atoms with Crippen LogP contribution < -0.4 is 11.1 Å². The average molecular weight is 272 g/mol. The van der Waals surface area contributed by atoms with Crippen LogP contribution in [0, 0.1) is 0 Å². The third-order valence-corrected chi connectivity index (χ3v) is 2.08. The van der Waals surface area contributed by atoms with Gasteiger partial charge in [0.15, 0.2) is 0 Å². The van der Waals surface area contributed by atoms with Gasteiger partial charge < -0.3 is 15.6 Å². The van der Waals surface area contributed by atoms with Gasteiger partial charge >= 0.3 is 18.1 Å². The van der Waals surface area contributed by atoms with Gasteiger partial charge in [0.25, 0.3) is 0 Å². The largest absolute Gasteiger partial charge is 0.471 e.